The zero-order valence-electron chi connectivity index (χ0n) is 17.3. The first-order valence-electron chi connectivity index (χ1n) is 10.5. The molecule has 0 radical (unpaired) electrons. The van der Waals surface area contributed by atoms with Crippen molar-refractivity contribution in [2.24, 2.45) is 5.92 Å². The molecule has 0 saturated heterocycles. The van der Waals surface area contributed by atoms with Crippen LogP contribution in [0.15, 0.2) is 53.1 Å². The monoisotopic (exact) mass is 406 g/mol. The van der Waals surface area contributed by atoms with Crippen molar-refractivity contribution in [3.63, 3.8) is 0 Å². The fraction of sp³-hybridized carbons (Fsp3) is 0.375. The lowest BCUT2D eigenvalue weighted by atomic mass is 9.78. The molecule has 1 aliphatic rings. The third-order valence-corrected chi connectivity index (χ3v) is 5.64. The number of benzene rings is 2. The molecule has 6 heteroatoms. The largest absolute Gasteiger partial charge is 0.463 e. The number of fused-ring (bicyclic) bond motifs is 1. The Labute approximate surface area is 175 Å². The van der Waals surface area contributed by atoms with Gasteiger partial charge < -0.3 is 14.6 Å². The molecule has 0 atom stereocenters. The molecule has 1 amide bonds. The highest BCUT2D eigenvalue weighted by molar-refractivity contribution is 6.10. The number of rotatable bonds is 5. The molecule has 30 heavy (non-hydrogen) atoms. The normalized spacial score (nSPS) is 19.0. The van der Waals surface area contributed by atoms with E-state index < -0.39 is 0 Å². The third-order valence-electron chi connectivity index (χ3n) is 5.64. The molecule has 2 aromatic carbocycles. The van der Waals surface area contributed by atoms with Crippen molar-refractivity contribution in [3.05, 3.63) is 59.9 Å². The second kappa shape index (κ2) is 8.69. The van der Waals surface area contributed by atoms with Crippen LogP contribution in [0.1, 0.15) is 61.6 Å². The van der Waals surface area contributed by atoms with Gasteiger partial charge in [0.25, 0.3) is 5.91 Å². The number of amides is 1. The Balaban J connectivity index is 1.35. The van der Waals surface area contributed by atoms with Gasteiger partial charge in [-0.25, -0.2) is 0 Å². The van der Waals surface area contributed by atoms with E-state index in [0.717, 1.165) is 25.7 Å². The minimum absolute atomic E-state index is 0.0129. The fourth-order valence-electron chi connectivity index (χ4n) is 4.07. The molecular weight excluding hydrogens is 380 g/mol. The quantitative estimate of drug-likeness (QED) is 0.581. The van der Waals surface area contributed by atoms with Gasteiger partial charge in [0, 0.05) is 5.69 Å². The number of carbonyl (C=O) groups is 2. The number of hydrogen-bond acceptors (Lipinski definition) is 5. The lowest BCUT2D eigenvalue weighted by Crippen LogP contribution is -2.25. The SMILES string of the molecule is CC(C)OC(=O)[C@H]1CC[C@H](c2ccc(NC(=O)c3onc4ccccc34)cc2)CC1. The number of nitrogens with one attached hydrogen (secondary N) is 1. The molecule has 0 aliphatic heterocycles. The average Bonchev–Trinajstić information content (AvgIpc) is 3.18. The summed E-state index contributed by atoms with van der Waals surface area (Å²) in [6.07, 6.45) is 3.58. The maximum Gasteiger partial charge on any atom is 0.309 e. The van der Waals surface area contributed by atoms with E-state index in [4.69, 9.17) is 9.26 Å². The van der Waals surface area contributed by atoms with Crippen molar-refractivity contribution in [2.45, 2.75) is 51.6 Å². The summed E-state index contributed by atoms with van der Waals surface area (Å²) in [5.41, 5.74) is 2.60. The highest BCUT2D eigenvalue weighted by Crippen LogP contribution is 2.36. The molecule has 0 unspecified atom stereocenters. The van der Waals surface area contributed by atoms with Crippen molar-refractivity contribution in [1.82, 2.24) is 5.16 Å². The molecule has 4 rings (SSSR count). The van der Waals surface area contributed by atoms with E-state index in [1.165, 1.54) is 5.56 Å². The fourth-order valence-corrected chi connectivity index (χ4v) is 4.07. The Morgan fingerprint density at radius 2 is 1.73 bits per heavy atom. The van der Waals surface area contributed by atoms with Gasteiger partial charge in [0.15, 0.2) is 0 Å². The molecule has 3 aromatic rings. The van der Waals surface area contributed by atoms with Gasteiger partial charge in [0.1, 0.15) is 5.52 Å². The van der Waals surface area contributed by atoms with E-state index in [9.17, 15) is 9.59 Å². The number of hydrogen-bond donors (Lipinski definition) is 1. The second-order valence-electron chi connectivity index (χ2n) is 8.14. The van der Waals surface area contributed by atoms with E-state index >= 15 is 0 Å². The van der Waals surface area contributed by atoms with Crippen LogP contribution in [-0.4, -0.2) is 23.1 Å². The Morgan fingerprint density at radius 1 is 1.03 bits per heavy atom. The van der Waals surface area contributed by atoms with Gasteiger partial charge >= 0.3 is 5.97 Å². The summed E-state index contributed by atoms with van der Waals surface area (Å²) in [5.74, 6) is 0.262. The first-order chi connectivity index (χ1) is 14.5. The zero-order chi connectivity index (χ0) is 21.1. The predicted molar refractivity (Wildman–Crippen MR) is 114 cm³/mol. The molecule has 0 bridgehead atoms. The minimum Gasteiger partial charge on any atom is -0.463 e. The van der Waals surface area contributed by atoms with Crippen LogP contribution in [-0.2, 0) is 9.53 Å². The van der Waals surface area contributed by atoms with Gasteiger partial charge in [-0.2, -0.15) is 0 Å². The van der Waals surface area contributed by atoms with Crippen molar-refractivity contribution >= 4 is 28.5 Å². The highest BCUT2D eigenvalue weighted by Gasteiger charge is 2.28. The number of nitrogens with zero attached hydrogens (tertiary/aromatic N) is 1. The molecule has 1 N–H and O–H groups in total. The summed E-state index contributed by atoms with van der Waals surface area (Å²) >= 11 is 0. The van der Waals surface area contributed by atoms with E-state index in [1.54, 1.807) is 0 Å². The maximum absolute atomic E-state index is 12.6. The van der Waals surface area contributed by atoms with Gasteiger partial charge in [-0.1, -0.05) is 29.4 Å². The van der Waals surface area contributed by atoms with Crippen LogP contribution in [0.5, 0.6) is 0 Å². The molecule has 1 aromatic heterocycles. The van der Waals surface area contributed by atoms with Crippen molar-refractivity contribution in [1.29, 1.82) is 0 Å². The summed E-state index contributed by atoms with van der Waals surface area (Å²) in [4.78, 5) is 24.7. The van der Waals surface area contributed by atoms with E-state index in [2.05, 4.69) is 10.5 Å². The van der Waals surface area contributed by atoms with E-state index in [0.29, 0.717) is 22.5 Å². The molecule has 0 spiro atoms. The summed E-state index contributed by atoms with van der Waals surface area (Å²) in [6, 6.07) is 15.2. The smallest absolute Gasteiger partial charge is 0.309 e. The van der Waals surface area contributed by atoms with Crippen molar-refractivity contribution in [3.8, 4) is 0 Å². The van der Waals surface area contributed by atoms with Gasteiger partial charge in [-0.05, 0) is 75.3 Å². The number of esters is 1. The van der Waals surface area contributed by atoms with Gasteiger partial charge in [-0.15, -0.1) is 0 Å². The molecule has 1 fully saturated rings. The van der Waals surface area contributed by atoms with E-state index in [1.807, 2.05) is 62.4 Å². The van der Waals surface area contributed by atoms with E-state index in [-0.39, 0.29) is 29.7 Å². The Hall–Kier alpha value is -3.15. The molecule has 1 saturated carbocycles. The van der Waals surface area contributed by atoms with Gasteiger partial charge in [0.05, 0.1) is 17.4 Å². The van der Waals surface area contributed by atoms with Crippen LogP contribution >= 0.6 is 0 Å². The number of ether oxygens (including phenoxy) is 1. The lowest BCUT2D eigenvalue weighted by molar-refractivity contribution is -0.153. The standard InChI is InChI=1S/C24H26N2O4/c1-15(2)29-24(28)18-9-7-16(8-10-18)17-11-13-19(14-12-17)25-23(27)22-20-5-3-4-6-21(20)26-30-22/h3-6,11-16,18H,7-10H2,1-2H3,(H,25,27)/t16-,18-. The summed E-state index contributed by atoms with van der Waals surface area (Å²) in [5, 5.41) is 7.49. The van der Waals surface area contributed by atoms with Crippen LogP contribution in [0.25, 0.3) is 10.9 Å². The van der Waals surface area contributed by atoms with Crippen LogP contribution in [0, 0.1) is 5.92 Å². The minimum atomic E-state index is -0.319. The third kappa shape index (κ3) is 4.37. The van der Waals surface area contributed by atoms with Gasteiger partial charge in [-0.3, -0.25) is 9.59 Å². The van der Waals surface area contributed by atoms with Crippen molar-refractivity contribution in [2.75, 3.05) is 5.32 Å². The summed E-state index contributed by atoms with van der Waals surface area (Å²) in [6.45, 7) is 3.77. The summed E-state index contributed by atoms with van der Waals surface area (Å²) in [7, 11) is 0. The maximum atomic E-state index is 12.6. The lowest BCUT2D eigenvalue weighted by Gasteiger charge is -2.28. The molecular formula is C24H26N2O4. The van der Waals surface area contributed by atoms with Crippen LogP contribution in [0.2, 0.25) is 0 Å². The number of aromatic nitrogens is 1. The molecule has 156 valence electrons. The number of carbonyl (C=O) groups excluding carboxylic acids is 2. The highest BCUT2D eigenvalue weighted by atomic mass is 16.5. The Kier molecular flexibility index (Phi) is 5.84. The Bertz CT molecular complexity index is 1030. The first kappa shape index (κ1) is 20.1. The summed E-state index contributed by atoms with van der Waals surface area (Å²) < 4.78 is 10.6. The topological polar surface area (TPSA) is 81.4 Å². The zero-order valence-corrected chi connectivity index (χ0v) is 17.3. The Morgan fingerprint density at radius 3 is 2.43 bits per heavy atom. The van der Waals surface area contributed by atoms with Gasteiger partial charge in [0.2, 0.25) is 5.76 Å². The first-order valence-corrected chi connectivity index (χ1v) is 10.5. The number of anilines is 1. The predicted octanol–water partition coefficient (Wildman–Crippen LogP) is 5.31. The average molecular weight is 406 g/mol. The molecule has 1 aliphatic carbocycles. The molecule has 1 heterocycles. The van der Waals surface area contributed by atoms with Crippen LogP contribution in [0.3, 0.4) is 0 Å². The van der Waals surface area contributed by atoms with Crippen LogP contribution in [0.4, 0.5) is 5.69 Å². The van der Waals surface area contributed by atoms with Crippen LogP contribution < -0.4 is 5.32 Å². The molecule has 6 nitrogen and oxygen atoms in total. The van der Waals surface area contributed by atoms with Crippen molar-refractivity contribution < 1.29 is 18.8 Å². The second-order valence-corrected chi connectivity index (χ2v) is 8.14.